The second-order valence-electron chi connectivity index (χ2n) is 5.44. The van der Waals surface area contributed by atoms with Crippen LogP contribution in [0.1, 0.15) is 37.7 Å². The molecule has 1 fully saturated rings. The number of rotatable bonds is 4. The van der Waals surface area contributed by atoms with Crippen molar-refractivity contribution in [2.75, 3.05) is 0 Å². The fraction of sp³-hybridized carbons (Fsp3) is 0.533. The molecule has 1 saturated carbocycles. The minimum absolute atomic E-state index is 0. The Morgan fingerprint density at radius 2 is 2.10 bits per heavy atom. The minimum atomic E-state index is -0.449. The number of hydrogen-bond donors (Lipinski definition) is 2. The summed E-state index contributed by atoms with van der Waals surface area (Å²) in [7, 11) is 0. The first-order chi connectivity index (χ1) is 9.56. The third kappa shape index (κ3) is 5.46. The first-order valence-corrected chi connectivity index (χ1v) is 7.40. The van der Waals surface area contributed by atoms with Gasteiger partial charge >= 0.3 is 0 Å². The van der Waals surface area contributed by atoms with Crippen molar-refractivity contribution >= 4 is 29.9 Å². The molecule has 0 heterocycles. The van der Waals surface area contributed by atoms with Crippen LogP contribution in [-0.2, 0) is 11.3 Å². The molecule has 6 heteroatoms. The first kappa shape index (κ1) is 18.2. The molecule has 2 atom stereocenters. The van der Waals surface area contributed by atoms with Crippen molar-refractivity contribution in [1.29, 1.82) is 0 Å². The Morgan fingerprint density at radius 1 is 1.38 bits per heavy atom. The van der Waals surface area contributed by atoms with E-state index in [1.807, 2.05) is 0 Å². The summed E-state index contributed by atoms with van der Waals surface area (Å²) in [5.74, 6) is -0.178. The largest absolute Gasteiger partial charge is 0.352 e. The number of halogens is 3. The van der Waals surface area contributed by atoms with Gasteiger partial charge in [0.05, 0.1) is 5.02 Å². The molecule has 3 N–H and O–H groups in total. The Morgan fingerprint density at radius 3 is 2.76 bits per heavy atom. The van der Waals surface area contributed by atoms with E-state index < -0.39 is 5.82 Å². The number of nitrogens with one attached hydrogen (secondary N) is 1. The van der Waals surface area contributed by atoms with Gasteiger partial charge in [0.2, 0.25) is 5.91 Å². The van der Waals surface area contributed by atoms with E-state index in [1.165, 1.54) is 12.1 Å². The Hall–Kier alpha value is -0.840. The average molecular weight is 335 g/mol. The molecular formula is C15H21Cl2FN2O. The highest BCUT2D eigenvalue weighted by atomic mass is 35.5. The summed E-state index contributed by atoms with van der Waals surface area (Å²) in [5.41, 5.74) is 6.82. The maximum atomic E-state index is 13.0. The summed E-state index contributed by atoms with van der Waals surface area (Å²) < 4.78 is 13.0. The van der Waals surface area contributed by atoms with Crippen molar-refractivity contribution in [3.63, 3.8) is 0 Å². The fourth-order valence-corrected chi connectivity index (χ4v) is 2.85. The van der Waals surface area contributed by atoms with Crippen LogP contribution < -0.4 is 11.1 Å². The topological polar surface area (TPSA) is 55.1 Å². The van der Waals surface area contributed by atoms with Crippen LogP contribution >= 0.6 is 24.0 Å². The third-order valence-electron chi connectivity index (χ3n) is 3.89. The second-order valence-corrected chi connectivity index (χ2v) is 5.84. The predicted molar refractivity (Wildman–Crippen MR) is 85.1 cm³/mol. The summed E-state index contributed by atoms with van der Waals surface area (Å²) in [4.78, 5) is 11.9. The van der Waals surface area contributed by atoms with Crippen molar-refractivity contribution < 1.29 is 9.18 Å². The summed E-state index contributed by atoms with van der Waals surface area (Å²) in [6, 6.07) is 4.59. The molecule has 2 rings (SSSR count). The van der Waals surface area contributed by atoms with Gasteiger partial charge < -0.3 is 11.1 Å². The lowest BCUT2D eigenvalue weighted by Gasteiger charge is -2.27. The fourth-order valence-electron chi connectivity index (χ4n) is 2.65. The third-order valence-corrected chi connectivity index (χ3v) is 4.18. The minimum Gasteiger partial charge on any atom is -0.352 e. The smallest absolute Gasteiger partial charge is 0.220 e. The Labute approximate surface area is 135 Å². The van der Waals surface area contributed by atoms with Crippen LogP contribution in [0.5, 0.6) is 0 Å². The molecule has 0 saturated heterocycles. The van der Waals surface area contributed by atoms with Gasteiger partial charge in [0.15, 0.2) is 0 Å². The molecule has 1 aliphatic carbocycles. The zero-order chi connectivity index (χ0) is 14.5. The molecule has 21 heavy (non-hydrogen) atoms. The number of amides is 1. The first-order valence-electron chi connectivity index (χ1n) is 7.02. The van der Waals surface area contributed by atoms with Crippen LogP contribution in [0.4, 0.5) is 4.39 Å². The Bertz CT molecular complexity index is 485. The van der Waals surface area contributed by atoms with E-state index in [2.05, 4.69) is 5.32 Å². The number of nitrogens with two attached hydrogens (primary N) is 1. The molecule has 0 spiro atoms. The monoisotopic (exact) mass is 334 g/mol. The van der Waals surface area contributed by atoms with Crippen LogP contribution in [-0.4, -0.2) is 11.9 Å². The molecule has 2 unspecified atom stereocenters. The van der Waals surface area contributed by atoms with E-state index in [9.17, 15) is 9.18 Å². The summed E-state index contributed by atoms with van der Waals surface area (Å²) in [5, 5.41) is 2.91. The van der Waals surface area contributed by atoms with Gasteiger partial charge in [-0.2, -0.15) is 0 Å². The van der Waals surface area contributed by atoms with Gasteiger partial charge in [-0.05, 0) is 36.5 Å². The number of carbonyl (C=O) groups excluding carboxylic acids is 1. The van der Waals surface area contributed by atoms with E-state index in [4.69, 9.17) is 17.3 Å². The number of benzene rings is 1. The normalized spacial score (nSPS) is 21.5. The van der Waals surface area contributed by atoms with Crippen molar-refractivity contribution in [2.45, 2.75) is 44.7 Å². The van der Waals surface area contributed by atoms with Gasteiger partial charge in [0.25, 0.3) is 0 Å². The molecule has 0 aliphatic heterocycles. The van der Waals surface area contributed by atoms with Crippen LogP contribution in [0.15, 0.2) is 18.2 Å². The molecule has 1 aliphatic rings. The maximum Gasteiger partial charge on any atom is 0.220 e. The lowest BCUT2D eigenvalue weighted by Crippen LogP contribution is -2.36. The molecule has 1 aromatic carbocycles. The molecular weight excluding hydrogens is 314 g/mol. The number of carbonyl (C=O) groups is 1. The molecule has 0 radical (unpaired) electrons. The lowest BCUT2D eigenvalue weighted by atomic mass is 9.83. The van der Waals surface area contributed by atoms with Gasteiger partial charge in [0.1, 0.15) is 5.82 Å². The van der Waals surface area contributed by atoms with Gasteiger partial charge in [-0.3, -0.25) is 4.79 Å². The highest BCUT2D eigenvalue weighted by Gasteiger charge is 2.23. The second kappa shape index (κ2) is 8.57. The summed E-state index contributed by atoms with van der Waals surface area (Å²) >= 11 is 5.70. The van der Waals surface area contributed by atoms with Crippen molar-refractivity contribution in [2.24, 2.45) is 11.7 Å². The molecule has 0 aromatic heterocycles. The van der Waals surface area contributed by atoms with Gasteiger partial charge in [0, 0.05) is 19.0 Å². The number of hydrogen-bond acceptors (Lipinski definition) is 2. The van der Waals surface area contributed by atoms with Crippen molar-refractivity contribution in [1.82, 2.24) is 5.32 Å². The quantitative estimate of drug-likeness (QED) is 0.886. The van der Waals surface area contributed by atoms with Gasteiger partial charge in [-0.1, -0.05) is 30.5 Å². The van der Waals surface area contributed by atoms with Crippen LogP contribution in [0.3, 0.4) is 0 Å². The SMILES string of the molecule is Cl.NC1CCCCC1CC(=O)NCc1ccc(F)c(Cl)c1. The van der Waals surface area contributed by atoms with E-state index in [0.29, 0.717) is 13.0 Å². The van der Waals surface area contributed by atoms with E-state index >= 15 is 0 Å². The Kier molecular flexibility index (Phi) is 7.43. The van der Waals surface area contributed by atoms with Crippen molar-refractivity contribution in [3.8, 4) is 0 Å². The van der Waals surface area contributed by atoms with E-state index in [1.54, 1.807) is 6.07 Å². The van der Waals surface area contributed by atoms with Crippen LogP contribution in [0.25, 0.3) is 0 Å². The van der Waals surface area contributed by atoms with Crippen LogP contribution in [0, 0.1) is 11.7 Å². The van der Waals surface area contributed by atoms with Crippen molar-refractivity contribution in [3.05, 3.63) is 34.6 Å². The highest BCUT2D eigenvalue weighted by Crippen LogP contribution is 2.25. The Balaban J connectivity index is 0.00000220. The molecule has 1 aromatic rings. The lowest BCUT2D eigenvalue weighted by molar-refractivity contribution is -0.122. The standard InChI is InChI=1S/C15H20ClFN2O.ClH/c16-12-7-10(5-6-13(12)17)9-19-15(20)8-11-3-1-2-4-14(11)18;/h5-7,11,14H,1-4,8-9,18H2,(H,19,20);1H. The summed E-state index contributed by atoms with van der Waals surface area (Å²) in [6.45, 7) is 0.362. The van der Waals surface area contributed by atoms with E-state index in [-0.39, 0.29) is 35.3 Å². The van der Waals surface area contributed by atoms with E-state index in [0.717, 1.165) is 31.2 Å². The highest BCUT2D eigenvalue weighted by molar-refractivity contribution is 6.30. The van der Waals surface area contributed by atoms with Crippen LogP contribution in [0.2, 0.25) is 5.02 Å². The zero-order valence-corrected chi connectivity index (χ0v) is 13.4. The predicted octanol–water partition coefficient (Wildman–Crippen LogP) is 3.42. The molecule has 0 bridgehead atoms. The van der Waals surface area contributed by atoms with Gasteiger partial charge in [-0.15, -0.1) is 12.4 Å². The molecule has 1 amide bonds. The van der Waals surface area contributed by atoms with Gasteiger partial charge in [-0.25, -0.2) is 4.39 Å². The molecule has 118 valence electrons. The summed E-state index contributed by atoms with van der Waals surface area (Å²) in [6.07, 6.45) is 4.81. The zero-order valence-electron chi connectivity index (χ0n) is 11.8. The maximum absolute atomic E-state index is 13.0. The average Bonchev–Trinajstić information content (AvgIpc) is 2.43. The molecule has 3 nitrogen and oxygen atoms in total.